The van der Waals surface area contributed by atoms with Gasteiger partial charge in [0, 0.05) is 34.4 Å². The molecule has 0 spiro atoms. The summed E-state index contributed by atoms with van der Waals surface area (Å²) in [5.41, 5.74) is 3.20. The average molecular weight is 520 g/mol. The van der Waals surface area contributed by atoms with Crippen LogP contribution in [0.15, 0.2) is 40.6 Å². The van der Waals surface area contributed by atoms with Gasteiger partial charge in [-0.25, -0.2) is 8.42 Å². The number of benzene rings is 2. The van der Waals surface area contributed by atoms with Crippen LogP contribution in [0.1, 0.15) is 25.1 Å². The first-order valence-corrected chi connectivity index (χ1v) is 14.0. The number of nitrogens with one attached hydrogen (secondary N) is 1. The second-order valence-corrected chi connectivity index (χ2v) is 11.7. The van der Waals surface area contributed by atoms with Crippen LogP contribution in [0.25, 0.3) is 21.0 Å². The highest BCUT2D eigenvalue weighted by molar-refractivity contribution is 7.94. The number of nitrogens with zero attached hydrogens (tertiary/aromatic N) is 2. The van der Waals surface area contributed by atoms with E-state index in [1.807, 2.05) is 45.2 Å². The topological polar surface area (TPSA) is 63.6 Å². The number of hydrogen-bond acceptors (Lipinski definition) is 5. The maximum atomic E-state index is 13.3. The van der Waals surface area contributed by atoms with Crippen molar-refractivity contribution in [1.29, 1.82) is 0 Å². The second-order valence-electron chi connectivity index (χ2n) is 8.34. The molecule has 6 nitrogen and oxygen atoms in total. The number of rotatable bonds is 9. The summed E-state index contributed by atoms with van der Waals surface area (Å²) >= 11 is 7.37. The van der Waals surface area contributed by atoms with Crippen LogP contribution in [0.4, 0.5) is 5.69 Å². The van der Waals surface area contributed by atoms with E-state index in [0.29, 0.717) is 27.1 Å². The van der Waals surface area contributed by atoms with Crippen LogP contribution in [0, 0.1) is 13.8 Å². The predicted octanol–water partition coefficient (Wildman–Crippen LogP) is 6.18. The number of sulfonamides is 1. The van der Waals surface area contributed by atoms with E-state index in [9.17, 15) is 8.42 Å². The number of aryl methyl sites for hydroxylation is 2. The van der Waals surface area contributed by atoms with Gasteiger partial charge in [0.2, 0.25) is 0 Å². The van der Waals surface area contributed by atoms with E-state index in [0.717, 1.165) is 52.1 Å². The number of aromatic nitrogens is 1. The molecule has 2 aromatic heterocycles. The van der Waals surface area contributed by atoms with Crippen molar-refractivity contribution in [2.75, 3.05) is 31.0 Å². The molecule has 0 amide bonds. The van der Waals surface area contributed by atoms with Crippen LogP contribution in [-0.4, -0.2) is 44.1 Å². The molecule has 0 aliphatic heterocycles. The summed E-state index contributed by atoms with van der Waals surface area (Å²) in [6.45, 7) is 11.5. The number of ether oxygens (including phenoxy) is 1. The van der Waals surface area contributed by atoms with Gasteiger partial charge in [0.15, 0.2) is 0 Å². The minimum Gasteiger partial charge on any atom is -0.490 e. The molecule has 0 unspecified atom stereocenters. The monoisotopic (exact) mass is 519 g/mol. The zero-order chi connectivity index (χ0) is 24.6. The highest BCUT2D eigenvalue weighted by Gasteiger charge is 2.23. The van der Waals surface area contributed by atoms with E-state index in [-0.39, 0.29) is 0 Å². The van der Waals surface area contributed by atoms with Crippen LogP contribution in [-0.2, 0) is 17.1 Å². The molecule has 0 aliphatic rings. The van der Waals surface area contributed by atoms with Crippen LogP contribution < -0.4 is 9.46 Å². The smallest absolute Gasteiger partial charge is 0.271 e. The van der Waals surface area contributed by atoms with Crippen LogP contribution in [0.3, 0.4) is 0 Å². The van der Waals surface area contributed by atoms with Gasteiger partial charge in [-0.1, -0.05) is 25.4 Å². The highest BCUT2D eigenvalue weighted by atomic mass is 35.5. The first-order valence-electron chi connectivity index (χ1n) is 11.3. The Labute approximate surface area is 210 Å². The SMILES string of the molecule is CCN(CC)CCOc1c(C)n(C)c2ccc(NS(=O)(=O)c3sc4ccc(Cl)cc4c3C)cc12. The lowest BCUT2D eigenvalue weighted by molar-refractivity contribution is 0.223. The Morgan fingerprint density at radius 1 is 1.09 bits per heavy atom. The summed E-state index contributed by atoms with van der Waals surface area (Å²) in [6.07, 6.45) is 0. The summed E-state index contributed by atoms with van der Waals surface area (Å²) in [5.74, 6) is 0.790. The van der Waals surface area contributed by atoms with E-state index in [1.165, 1.54) is 11.3 Å². The van der Waals surface area contributed by atoms with E-state index < -0.39 is 10.0 Å². The Morgan fingerprint density at radius 3 is 2.53 bits per heavy atom. The first-order chi connectivity index (χ1) is 16.2. The lowest BCUT2D eigenvalue weighted by Gasteiger charge is -2.18. The van der Waals surface area contributed by atoms with Gasteiger partial charge in [0.1, 0.15) is 16.6 Å². The van der Waals surface area contributed by atoms with Crippen molar-refractivity contribution in [1.82, 2.24) is 9.47 Å². The van der Waals surface area contributed by atoms with Crippen LogP contribution in [0.5, 0.6) is 5.75 Å². The maximum absolute atomic E-state index is 13.3. The van der Waals surface area contributed by atoms with Crippen molar-refractivity contribution in [2.45, 2.75) is 31.9 Å². The fraction of sp³-hybridized carbons (Fsp3) is 0.360. The Morgan fingerprint density at radius 2 is 1.82 bits per heavy atom. The molecule has 1 N–H and O–H groups in total. The number of likely N-dealkylation sites (N-methyl/N-ethyl adjacent to an activating group) is 1. The van der Waals surface area contributed by atoms with Crippen molar-refractivity contribution in [3.05, 3.63) is 52.7 Å². The van der Waals surface area contributed by atoms with Crippen molar-refractivity contribution < 1.29 is 13.2 Å². The molecule has 2 aromatic carbocycles. The van der Waals surface area contributed by atoms with Crippen molar-refractivity contribution >= 4 is 59.6 Å². The zero-order valence-corrected chi connectivity index (χ0v) is 22.5. The number of anilines is 1. The standard InChI is InChI=1S/C25H30ClN3O3S2/c1-6-29(7-2)12-13-32-24-17(4)28(5)22-10-9-19(15-21(22)24)27-34(30,31)25-16(3)20-14-18(26)8-11-23(20)33-25/h8-11,14-15,27H,6-7,12-13H2,1-5H3. The molecule has 182 valence electrons. The lowest BCUT2D eigenvalue weighted by atomic mass is 10.2. The summed E-state index contributed by atoms with van der Waals surface area (Å²) in [4.78, 5) is 2.31. The quantitative estimate of drug-likeness (QED) is 0.286. The highest BCUT2D eigenvalue weighted by Crippen LogP contribution is 2.38. The molecule has 0 atom stereocenters. The van der Waals surface area contributed by atoms with Gasteiger partial charge in [-0.05, 0) is 74.3 Å². The van der Waals surface area contributed by atoms with Gasteiger partial charge in [-0.15, -0.1) is 11.3 Å². The van der Waals surface area contributed by atoms with E-state index >= 15 is 0 Å². The van der Waals surface area contributed by atoms with E-state index in [2.05, 4.69) is 28.0 Å². The summed E-state index contributed by atoms with van der Waals surface area (Å²) in [6, 6.07) is 11.0. The molecule has 0 bridgehead atoms. The first kappa shape index (κ1) is 24.9. The molecule has 0 aliphatic carbocycles. The lowest BCUT2D eigenvalue weighted by Crippen LogP contribution is -2.27. The normalized spacial score (nSPS) is 12.2. The molecular formula is C25H30ClN3O3S2. The van der Waals surface area contributed by atoms with Crippen LogP contribution >= 0.6 is 22.9 Å². The fourth-order valence-electron chi connectivity index (χ4n) is 4.23. The number of thiophene rings is 1. The fourth-order valence-corrected chi connectivity index (χ4v) is 7.20. The minimum atomic E-state index is -3.77. The second kappa shape index (κ2) is 9.77. The molecule has 4 aromatic rings. The molecule has 0 fully saturated rings. The Hall–Kier alpha value is -2.26. The molecule has 2 heterocycles. The largest absolute Gasteiger partial charge is 0.490 e. The molecule has 0 saturated heterocycles. The third-order valence-electron chi connectivity index (χ3n) is 6.33. The maximum Gasteiger partial charge on any atom is 0.271 e. The van der Waals surface area contributed by atoms with Crippen molar-refractivity contribution in [3.8, 4) is 5.75 Å². The Bertz CT molecular complexity index is 1450. The van der Waals surface area contributed by atoms with Gasteiger partial charge >= 0.3 is 0 Å². The molecule has 0 saturated carbocycles. The summed E-state index contributed by atoms with van der Waals surface area (Å²) in [5, 5.41) is 2.33. The van der Waals surface area contributed by atoms with Gasteiger partial charge in [0.05, 0.1) is 11.2 Å². The average Bonchev–Trinajstić information content (AvgIpc) is 3.26. The summed E-state index contributed by atoms with van der Waals surface area (Å²) in [7, 11) is -1.78. The predicted molar refractivity (Wildman–Crippen MR) is 143 cm³/mol. The van der Waals surface area contributed by atoms with E-state index in [1.54, 1.807) is 12.1 Å². The van der Waals surface area contributed by atoms with Gasteiger partial charge in [-0.3, -0.25) is 4.72 Å². The Balaban J connectivity index is 1.65. The van der Waals surface area contributed by atoms with Gasteiger partial charge < -0.3 is 14.2 Å². The number of fused-ring (bicyclic) bond motifs is 2. The number of hydrogen-bond donors (Lipinski definition) is 1. The molecular weight excluding hydrogens is 490 g/mol. The third kappa shape index (κ3) is 4.64. The van der Waals surface area contributed by atoms with Crippen molar-refractivity contribution in [3.63, 3.8) is 0 Å². The third-order valence-corrected chi connectivity index (χ3v) is 9.84. The molecule has 4 rings (SSSR count). The van der Waals surface area contributed by atoms with Crippen LogP contribution in [0.2, 0.25) is 5.02 Å². The Kier molecular flexibility index (Phi) is 7.14. The summed E-state index contributed by atoms with van der Waals surface area (Å²) < 4.78 is 38.8. The minimum absolute atomic E-state index is 0.296. The van der Waals surface area contributed by atoms with Crippen molar-refractivity contribution in [2.24, 2.45) is 7.05 Å². The van der Waals surface area contributed by atoms with Gasteiger partial charge in [-0.2, -0.15) is 0 Å². The number of halogens is 1. The molecule has 9 heteroatoms. The van der Waals surface area contributed by atoms with Gasteiger partial charge in [0.25, 0.3) is 10.0 Å². The molecule has 34 heavy (non-hydrogen) atoms. The molecule has 0 radical (unpaired) electrons. The van der Waals surface area contributed by atoms with E-state index in [4.69, 9.17) is 16.3 Å². The zero-order valence-electron chi connectivity index (χ0n) is 20.1.